The lowest BCUT2D eigenvalue weighted by Gasteiger charge is -2.22. The monoisotopic (exact) mass is 254 g/mol. The molecule has 0 radical (unpaired) electrons. The van der Waals surface area contributed by atoms with E-state index in [4.69, 9.17) is 14.0 Å². The first kappa shape index (κ1) is 13.0. The van der Waals surface area contributed by atoms with Crippen molar-refractivity contribution in [2.45, 2.75) is 25.5 Å². The molecule has 0 spiro atoms. The van der Waals surface area contributed by atoms with Crippen molar-refractivity contribution in [3.63, 3.8) is 0 Å². The SMILES string of the molecule is COC[C@@H]1C[C@@H](OC)CN1C(=O)c1cc(C)on1. The van der Waals surface area contributed by atoms with Crippen LogP contribution < -0.4 is 0 Å². The molecule has 2 heterocycles. The molecule has 0 unspecified atom stereocenters. The van der Waals surface area contributed by atoms with Gasteiger partial charge in [-0.2, -0.15) is 0 Å². The van der Waals surface area contributed by atoms with Crippen LogP contribution in [0.1, 0.15) is 22.7 Å². The van der Waals surface area contributed by atoms with Gasteiger partial charge in [0.15, 0.2) is 5.69 Å². The maximum Gasteiger partial charge on any atom is 0.276 e. The highest BCUT2D eigenvalue weighted by molar-refractivity contribution is 5.92. The smallest absolute Gasteiger partial charge is 0.276 e. The van der Waals surface area contributed by atoms with E-state index in [0.29, 0.717) is 24.6 Å². The Balaban J connectivity index is 2.12. The third-order valence-electron chi connectivity index (χ3n) is 3.18. The fourth-order valence-electron chi connectivity index (χ4n) is 2.26. The second-order valence-electron chi connectivity index (χ2n) is 4.48. The van der Waals surface area contributed by atoms with E-state index < -0.39 is 0 Å². The third kappa shape index (κ3) is 2.54. The molecule has 2 atom stereocenters. The molecule has 0 saturated carbocycles. The van der Waals surface area contributed by atoms with Crippen LogP contribution in [0, 0.1) is 6.92 Å². The molecule has 0 N–H and O–H groups in total. The third-order valence-corrected chi connectivity index (χ3v) is 3.18. The molecule has 1 fully saturated rings. The standard InChI is InChI=1S/C12H18N2O4/c1-8-4-11(13-18-8)12(15)14-6-10(17-3)5-9(14)7-16-2/h4,9-10H,5-7H2,1-3H3/t9-,10+/m0/s1. The minimum atomic E-state index is -0.131. The first-order chi connectivity index (χ1) is 8.65. The van der Waals surface area contributed by atoms with Crippen LogP contribution in [-0.2, 0) is 9.47 Å². The molecule has 100 valence electrons. The number of hydrogen-bond acceptors (Lipinski definition) is 5. The Morgan fingerprint density at radius 1 is 1.61 bits per heavy atom. The van der Waals surface area contributed by atoms with E-state index in [1.54, 1.807) is 32.1 Å². The molecule has 2 rings (SSSR count). The van der Waals surface area contributed by atoms with Gasteiger partial charge in [0.05, 0.1) is 18.8 Å². The number of nitrogens with zero attached hydrogens (tertiary/aromatic N) is 2. The summed E-state index contributed by atoms with van der Waals surface area (Å²) in [5.41, 5.74) is 0.338. The minimum Gasteiger partial charge on any atom is -0.383 e. The van der Waals surface area contributed by atoms with Crippen molar-refractivity contribution in [2.75, 3.05) is 27.4 Å². The van der Waals surface area contributed by atoms with E-state index >= 15 is 0 Å². The average molecular weight is 254 g/mol. The van der Waals surface area contributed by atoms with Gasteiger partial charge in [0, 0.05) is 26.8 Å². The maximum atomic E-state index is 12.3. The number of methoxy groups -OCH3 is 2. The van der Waals surface area contributed by atoms with E-state index in [1.165, 1.54) is 0 Å². The van der Waals surface area contributed by atoms with Crippen molar-refractivity contribution in [3.05, 3.63) is 17.5 Å². The van der Waals surface area contributed by atoms with Gasteiger partial charge >= 0.3 is 0 Å². The first-order valence-electron chi connectivity index (χ1n) is 5.91. The molecule has 1 amide bonds. The molecule has 1 aromatic rings. The minimum absolute atomic E-state index is 0.0319. The molecule has 1 aromatic heterocycles. The number of aromatic nitrogens is 1. The molecule has 0 aliphatic carbocycles. The summed E-state index contributed by atoms with van der Waals surface area (Å²) in [4.78, 5) is 14.0. The van der Waals surface area contributed by atoms with Gasteiger partial charge in [-0.25, -0.2) is 0 Å². The van der Waals surface area contributed by atoms with E-state index in [1.807, 2.05) is 0 Å². The van der Waals surface area contributed by atoms with E-state index in [-0.39, 0.29) is 18.1 Å². The van der Waals surface area contributed by atoms with Crippen LogP contribution in [0.15, 0.2) is 10.6 Å². The number of carbonyl (C=O) groups excluding carboxylic acids is 1. The van der Waals surface area contributed by atoms with Gasteiger partial charge in [-0.05, 0) is 13.3 Å². The Morgan fingerprint density at radius 2 is 2.39 bits per heavy atom. The lowest BCUT2D eigenvalue weighted by molar-refractivity contribution is 0.0602. The summed E-state index contributed by atoms with van der Waals surface area (Å²) in [5.74, 6) is 0.498. The molecule has 1 aliphatic rings. The van der Waals surface area contributed by atoms with Crippen molar-refractivity contribution in [3.8, 4) is 0 Å². The van der Waals surface area contributed by atoms with Gasteiger partial charge in [0.1, 0.15) is 5.76 Å². The van der Waals surface area contributed by atoms with Gasteiger partial charge in [0.2, 0.25) is 0 Å². The summed E-state index contributed by atoms with van der Waals surface area (Å²) in [6, 6.07) is 1.68. The molecule has 0 aromatic carbocycles. The van der Waals surface area contributed by atoms with Crippen molar-refractivity contribution in [1.82, 2.24) is 10.1 Å². The topological polar surface area (TPSA) is 64.8 Å². The number of likely N-dealkylation sites (tertiary alicyclic amines) is 1. The first-order valence-corrected chi connectivity index (χ1v) is 5.91. The van der Waals surface area contributed by atoms with Crippen molar-refractivity contribution >= 4 is 5.91 Å². The van der Waals surface area contributed by atoms with Crippen molar-refractivity contribution in [2.24, 2.45) is 0 Å². The summed E-state index contributed by atoms with van der Waals surface area (Å²) in [5, 5.41) is 3.76. The summed E-state index contributed by atoms with van der Waals surface area (Å²) in [7, 11) is 3.28. The highest BCUT2D eigenvalue weighted by Gasteiger charge is 2.36. The predicted octanol–water partition coefficient (Wildman–Crippen LogP) is 0.859. The Bertz CT molecular complexity index is 418. The normalized spacial score (nSPS) is 23.6. The Hall–Kier alpha value is -1.40. The van der Waals surface area contributed by atoms with Crippen LogP contribution in [0.4, 0.5) is 0 Å². The van der Waals surface area contributed by atoms with Crippen LogP contribution in [0.3, 0.4) is 0 Å². The van der Waals surface area contributed by atoms with Crippen LogP contribution in [0.25, 0.3) is 0 Å². The van der Waals surface area contributed by atoms with E-state index in [2.05, 4.69) is 5.16 Å². The lowest BCUT2D eigenvalue weighted by atomic mass is 10.2. The lowest BCUT2D eigenvalue weighted by Crippen LogP contribution is -2.38. The molecular weight excluding hydrogens is 236 g/mol. The summed E-state index contributed by atoms with van der Waals surface area (Å²) >= 11 is 0. The fraction of sp³-hybridized carbons (Fsp3) is 0.667. The van der Waals surface area contributed by atoms with Crippen molar-refractivity contribution < 1.29 is 18.8 Å². The zero-order valence-electron chi connectivity index (χ0n) is 10.9. The highest BCUT2D eigenvalue weighted by Crippen LogP contribution is 2.22. The van der Waals surface area contributed by atoms with Gasteiger partial charge in [-0.1, -0.05) is 5.16 Å². The number of ether oxygens (including phenoxy) is 2. The number of carbonyl (C=O) groups is 1. The molecule has 18 heavy (non-hydrogen) atoms. The van der Waals surface area contributed by atoms with Crippen molar-refractivity contribution in [1.29, 1.82) is 0 Å². The number of amides is 1. The maximum absolute atomic E-state index is 12.3. The molecule has 0 bridgehead atoms. The second-order valence-corrected chi connectivity index (χ2v) is 4.48. The van der Waals surface area contributed by atoms with Gasteiger partial charge in [0.25, 0.3) is 5.91 Å². The number of aryl methyl sites for hydroxylation is 1. The van der Waals surface area contributed by atoms with Gasteiger partial charge in [-0.3, -0.25) is 4.79 Å². The molecule has 1 saturated heterocycles. The van der Waals surface area contributed by atoms with Crippen LogP contribution in [0.5, 0.6) is 0 Å². The average Bonchev–Trinajstić information content (AvgIpc) is 2.95. The quantitative estimate of drug-likeness (QED) is 0.797. The molecule has 6 heteroatoms. The summed E-state index contributed by atoms with van der Waals surface area (Å²) in [6.07, 6.45) is 0.842. The van der Waals surface area contributed by atoms with Crippen LogP contribution in [0.2, 0.25) is 0 Å². The number of rotatable bonds is 4. The summed E-state index contributed by atoms with van der Waals surface area (Å²) < 4.78 is 15.4. The van der Waals surface area contributed by atoms with E-state index in [0.717, 1.165) is 6.42 Å². The Kier molecular flexibility index (Phi) is 3.98. The zero-order valence-corrected chi connectivity index (χ0v) is 10.9. The Morgan fingerprint density at radius 3 is 2.94 bits per heavy atom. The zero-order chi connectivity index (χ0) is 13.1. The van der Waals surface area contributed by atoms with Crippen LogP contribution in [-0.4, -0.2) is 55.5 Å². The predicted molar refractivity (Wildman–Crippen MR) is 63.4 cm³/mol. The van der Waals surface area contributed by atoms with Gasteiger partial charge in [-0.15, -0.1) is 0 Å². The summed E-state index contributed by atoms with van der Waals surface area (Å²) in [6.45, 7) is 2.83. The van der Waals surface area contributed by atoms with Crippen LogP contribution >= 0.6 is 0 Å². The Labute approximate surface area is 106 Å². The van der Waals surface area contributed by atoms with Gasteiger partial charge < -0.3 is 18.9 Å². The number of hydrogen-bond donors (Lipinski definition) is 0. The highest BCUT2D eigenvalue weighted by atomic mass is 16.5. The van der Waals surface area contributed by atoms with E-state index in [9.17, 15) is 4.79 Å². The molecule has 6 nitrogen and oxygen atoms in total. The fourth-order valence-corrected chi connectivity index (χ4v) is 2.26. The second kappa shape index (κ2) is 5.49. The molecule has 1 aliphatic heterocycles. The largest absolute Gasteiger partial charge is 0.383 e. The molecular formula is C12H18N2O4.